The quantitative estimate of drug-likeness (QED) is 0.543. The molecule has 0 spiro atoms. The van der Waals surface area contributed by atoms with Crippen molar-refractivity contribution in [2.75, 3.05) is 0 Å². The van der Waals surface area contributed by atoms with Crippen molar-refractivity contribution in [3.63, 3.8) is 0 Å². The molecular formula is C7H12O. The van der Waals surface area contributed by atoms with Crippen LogP contribution in [0, 0.1) is 5.92 Å². The highest BCUT2D eigenvalue weighted by atomic mass is 16.1. The second-order valence-corrected chi connectivity index (χ2v) is 2.49. The van der Waals surface area contributed by atoms with Gasteiger partial charge in [0.2, 0.25) is 0 Å². The molecule has 0 N–H and O–H groups in total. The van der Waals surface area contributed by atoms with Crippen molar-refractivity contribution in [3.05, 3.63) is 0 Å². The van der Waals surface area contributed by atoms with E-state index in [-0.39, 0.29) is 0 Å². The van der Waals surface area contributed by atoms with Crippen LogP contribution in [0.4, 0.5) is 0 Å². The van der Waals surface area contributed by atoms with Crippen LogP contribution in [0.15, 0.2) is 0 Å². The van der Waals surface area contributed by atoms with E-state index in [2.05, 4.69) is 6.92 Å². The molecule has 1 rings (SSSR count). The molecule has 0 amide bonds. The van der Waals surface area contributed by atoms with Gasteiger partial charge in [0.15, 0.2) is 0 Å². The third kappa shape index (κ3) is 1.32. The highest BCUT2D eigenvalue weighted by molar-refractivity contribution is 5.82. The molecular weight excluding hydrogens is 100 g/mol. The summed E-state index contributed by atoms with van der Waals surface area (Å²) in [6.07, 6.45) is 4.16. The van der Waals surface area contributed by atoms with E-state index >= 15 is 0 Å². The van der Waals surface area contributed by atoms with Gasteiger partial charge < -0.3 is 0 Å². The van der Waals surface area contributed by atoms with Crippen LogP contribution < -0.4 is 0 Å². The van der Waals surface area contributed by atoms with Crippen molar-refractivity contribution in [1.82, 2.24) is 0 Å². The second-order valence-electron chi connectivity index (χ2n) is 2.49. The third-order valence-corrected chi connectivity index (χ3v) is 1.53. The second kappa shape index (κ2) is 2.29. The molecule has 0 aromatic rings. The van der Waals surface area contributed by atoms with Crippen LogP contribution in [0.3, 0.4) is 0 Å². The Labute approximate surface area is 50.1 Å². The Morgan fingerprint density at radius 1 is 1.62 bits per heavy atom. The number of rotatable bonds is 3. The highest BCUT2D eigenvalue weighted by Crippen LogP contribution is 2.30. The lowest BCUT2D eigenvalue weighted by Crippen LogP contribution is -1.97. The van der Waals surface area contributed by atoms with Crippen molar-refractivity contribution >= 4 is 5.78 Å². The van der Waals surface area contributed by atoms with Gasteiger partial charge in [0.05, 0.1) is 0 Å². The van der Waals surface area contributed by atoms with Crippen LogP contribution in [0.25, 0.3) is 0 Å². The minimum absolute atomic E-state index is 0.481. The summed E-state index contributed by atoms with van der Waals surface area (Å²) in [6, 6.07) is 0. The average Bonchev–Trinajstić information content (AvgIpc) is 2.45. The molecule has 1 saturated carbocycles. The molecule has 0 unspecified atom stereocenters. The van der Waals surface area contributed by atoms with E-state index in [9.17, 15) is 4.79 Å². The fraction of sp³-hybridized carbons (Fsp3) is 0.857. The Kier molecular flexibility index (Phi) is 1.66. The van der Waals surface area contributed by atoms with Gasteiger partial charge in [-0.05, 0) is 19.3 Å². The van der Waals surface area contributed by atoms with E-state index in [0.717, 1.165) is 12.8 Å². The zero-order valence-corrected chi connectivity index (χ0v) is 5.31. The first kappa shape index (κ1) is 5.80. The first-order valence-corrected chi connectivity index (χ1v) is 3.37. The van der Waals surface area contributed by atoms with Crippen molar-refractivity contribution in [3.8, 4) is 0 Å². The van der Waals surface area contributed by atoms with Crippen molar-refractivity contribution in [2.45, 2.75) is 32.6 Å². The predicted octanol–water partition coefficient (Wildman–Crippen LogP) is 1.77. The minimum atomic E-state index is 0.481. The van der Waals surface area contributed by atoms with Crippen LogP contribution in [0.2, 0.25) is 0 Å². The zero-order valence-electron chi connectivity index (χ0n) is 5.31. The van der Waals surface area contributed by atoms with E-state index in [1.54, 1.807) is 0 Å². The Balaban J connectivity index is 2.13. The molecule has 0 radical (unpaired) electrons. The first-order chi connectivity index (χ1) is 3.84. The predicted molar refractivity (Wildman–Crippen MR) is 32.6 cm³/mol. The Morgan fingerprint density at radius 2 is 2.25 bits per heavy atom. The summed E-state index contributed by atoms with van der Waals surface area (Å²) in [5, 5.41) is 0. The van der Waals surface area contributed by atoms with Crippen LogP contribution in [0.1, 0.15) is 32.6 Å². The molecule has 0 atom stereocenters. The van der Waals surface area contributed by atoms with Crippen LogP contribution >= 0.6 is 0 Å². The van der Waals surface area contributed by atoms with Gasteiger partial charge in [-0.2, -0.15) is 0 Å². The molecule has 1 aliphatic rings. The summed E-state index contributed by atoms with van der Waals surface area (Å²) in [5.41, 5.74) is 0. The highest BCUT2D eigenvalue weighted by Gasteiger charge is 2.27. The van der Waals surface area contributed by atoms with E-state index < -0.39 is 0 Å². The Morgan fingerprint density at radius 3 is 2.62 bits per heavy atom. The SMILES string of the molecule is CCCC(=O)C1CC1. The largest absolute Gasteiger partial charge is 0.299 e. The van der Waals surface area contributed by atoms with Crippen LogP contribution in [-0.4, -0.2) is 5.78 Å². The topological polar surface area (TPSA) is 17.1 Å². The van der Waals surface area contributed by atoms with Gasteiger partial charge in [0.1, 0.15) is 5.78 Å². The summed E-state index contributed by atoms with van der Waals surface area (Å²) >= 11 is 0. The summed E-state index contributed by atoms with van der Waals surface area (Å²) < 4.78 is 0. The minimum Gasteiger partial charge on any atom is -0.299 e. The van der Waals surface area contributed by atoms with E-state index in [4.69, 9.17) is 0 Å². The monoisotopic (exact) mass is 112 g/mol. The van der Waals surface area contributed by atoms with Gasteiger partial charge >= 0.3 is 0 Å². The fourth-order valence-corrected chi connectivity index (χ4v) is 0.856. The van der Waals surface area contributed by atoms with Gasteiger partial charge in [-0.1, -0.05) is 6.92 Å². The smallest absolute Gasteiger partial charge is 0.135 e. The lowest BCUT2D eigenvalue weighted by atomic mass is 10.2. The average molecular weight is 112 g/mol. The standard InChI is InChI=1S/C7H12O/c1-2-3-7(8)6-4-5-6/h6H,2-5H2,1H3. The maximum atomic E-state index is 10.8. The van der Waals surface area contributed by atoms with E-state index in [0.29, 0.717) is 11.7 Å². The summed E-state index contributed by atoms with van der Waals surface area (Å²) in [7, 11) is 0. The molecule has 8 heavy (non-hydrogen) atoms. The molecule has 0 bridgehead atoms. The van der Waals surface area contributed by atoms with Gasteiger partial charge in [-0.3, -0.25) is 4.79 Å². The number of hydrogen-bond acceptors (Lipinski definition) is 1. The fourth-order valence-electron chi connectivity index (χ4n) is 0.856. The van der Waals surface area contributed by atoms with E-state index in [1.807, 2.05) is 0 Å². The molecule has 0 aromatic carbocycles. The maximum absolute atomic E-state index is 10.8. The molecule has 1 fully saturated rings. The molecule has 1 heteroatoms. The van der Waals surface area contributed by atoms with Crippen molar-refractivity contribution in [1.29, 1.82) is 0 Å². The van der Waals surface area contributed by atoms with Gasteiger partial charge in [-0.25, -0.2) is 0 Å². The lowest BCUT2D eigenvalue weighted by molar-refractivity contribution is -0.120. The summed E-state index contributed by atoms with van der Waals surface area (Å²) in [6.45, 7) is 2.06. The van der Waals surface area contributed by atoms with Crippen molar-refractivity contribution in [2.24, 2.45) is 5.92 Å². The lowest BCUT2D eigenvalue weighted by Gasteiger charge is -1.89. The molecule has 0 aliphatic heterocycles. The number of carbonyl (C=O) groups is 1. The molecule has 1 aliphatic carbocycles. The molecule has 0 aromatic heterocycles. The molecule has 0 saturated heterocycles. The van der Waals surface area contributed by atoms with Crippen LogP contribution in [0.5, 0.6) is 0 Å². The Bertz CT molecular complexity index is 92.6. The number of ketones is 1. The molecule has 0 heterocycles. The number of carbonyl (C=O) groups excluding carboxylic acids is 1. The molecule has 1 nitrogen and oxygen atoms in total. The Hall–Kier alpha value is -0.330. The molecule has 46 valence electrons. The maximum Gasteiger partial charge on any atom is 0.135 e. The number of Topliss-reactive ketones (excluding diaryl/α,β-unsaturated/α-hetero) is 1. The zero-order chi connectivity index (χ0) is 5.98. The van der Waals surface area contributed by atoms with Gasteiger partial charge in [-0.15, -0.1) is 0 Å². The third-order valence-electron chi connectivity index (χ3n) is 1.53. The first-order valence-electron chi connectivity index (χ1n) is 3.37. The van der Waals surface area contributed by atoms with Crippen LogP contribution in [-0.2, 0) is 4.79 Å². The van der Waals surface area contributed by atoms with Gasteiger partial charge in [0, 0.05) is 12.3 Å². The van der Waals surface area contributed by atoms with Gasteiger partial charge in [0.25, 0.3) is 0 Å². The summed E-state index contributed by atoms with van der Waals surface area (Å²) in [4.78, 5) is 10.8. The normalized spacial score (nSPS) is 18.6. The summed E-state index contributed by atoms with van der Waals surface area (Å²) in [5.74, 6) is 0.974. The van der Waals surface area contributed by atoms with E-state index in [1.165, 1.54) is 12.8 Å². The number of hydrogen-bond donors (Lipinski definition) is 0. The van der Waals surface area contributed by atoms with Crippen molar-refractivity contribution < 1.29 is 4.79 Å².